The van der Waals surface area contributed by atoms with E-state index < -0.39 is 16.5 Å². The highest BCUT2D eigenvalue weighted by molar-refractivity contribution is 9.10. The van der Waals surface area contributed by atoms with Crippen LogP contribution in [0.5, 0.6) is 5.75 Å². The van der Waals surface area contributed by atoms with E-state index in [2.05, 4.69) is 49.0 Å². The van der Waals surface area contributed by atoms with Gasteiger partial charge in [0.15, 0.2) is 0 Å². The molecule has 11 heteroatoms. The predicted molar refractivity (Wildman–Crippen MR) is 124 cm³/mol. The molecule has 1 amide bonds. The quantitative estimate of drug-likeness (QED) is 0.205. The normalized spacial score (nSPS) is 10.3. The molecule has 2 aromatic carbocycles. The molecule has 10 nitrogen and oxygen atoms in total. The molecule has 3 aromatic rings. The molecular weight excluding hydrogens is 480 g/mol. The number of ether oxygens (including phenoxy) is 1. The number of nitrogens with zero attached hydrogens (tertiary/aromatic N) is 3. The number of amides is 1. The smallest absolute Gasteiger partial charge is 0.355 e. The van der Waals surface area contributed by atoms with Crippen LogP contribution in [-0.4, -0.2) is 27.4 Å². The summed E-state index contributed by atoms with van der Waals surface area (Å²) in [4.78, 5) is 31.2. The van der Waals surface area contributed by atoms with Gasteiger partial charge in [0.2, 0.25) is 11.6 Å². The molecule has 1 aromatic heterocycles. The third kappa shape index (κ3) is 6.14. The summed E-state index contributed by atoms with van der Waals surface area (Å²) in [6.07, 6.45) is 3.16. The minimum atomic E-state index is -0.626. The van der Waals surface area contributed by atoms with Crippen molar-refractivity contribution in [3.63, 3.8) is 0 Å². The van der Waals surface area contributed by atoms with Gasteiger partial charge >= 0.3 is 5.69 Å². The largest absolute Gasteiger partial charge is 0.494 e. The number of carbonyl (C=O) groups excluding carboxylic acids is 1. The third-order valence-corrected chi connectivity index (χ3v) is 4.82. The lowest BCUT2D eigenvalue weighted by atomic mass is 10.2. The average Bonchev–Trinajstić information content (AvgIpc) is 2.79. The molecule has 0 aliphatic carbocycles. The zero-order valence-corrected chi connectivity index (χ0v) is 18.8. The molecule has 1 heterocycles. The summed E-state index contributed by atoms with van der Waals surface area (Å²) in [5.41, 5.74) is 5.46. The van der Waals surface area contributed by atoms with Crippen molar-refractivity contribution in [2.24, 2.45) is 0 Å². The van der Waals surface area contributed by atoms with E-state index in [-0.39, 0.29) is 11.6 Å². The number of hydrogen-bond acceptors (Lipinski definition) is 8. The molecule has 0 saturated carbocycles. The van der Waals surface area contributed by atoms with Crippen molar-refractivity contribution in [2.45, 2.75) is 19.8 Å². The van der Waals surface area contributed by atoms with Crippen molar-refractivity contribution in [1.82, 2.24) is 15.4 Å². The number of halogens is 1. The molecule has 0 bridgehead atoms. The maximum absolute atomic E-state index is 12.3. The highest BCUT2D eigenvalue weighted by atomic mass is 79.9. The van der Waals surface area contributed by atoms with Gasteiger partial charge in [-0.15, -0.1) is 0 Å². The third-order valence-electron chi connectivity index (χ3n) is 4.29. The van der Waals surface area contributed by atoms with Crippen LogP contribution >= 0.6 is 15.9 Å². The van der Waals surface area contributed by atoms with Crippen LogP contribution in [-0.2, 0) is 0 Å². The van der Waals surface area contributed by atoms with Crippen molar-refractivity contribution in [3.8, 4) is 5.75 Å². The Hall–Kier alpha value is -3.73. The second kappa shape index (κ2) is 11.0. The van der Waals surface area contributed by atoms with Crippen LogP contribution in [0.2, 0.25) is 0 Å². The zero-order chi connectivity index (χ0) is 22.9. The number of unbranched alkanes of at least 4 members (excludes halogenated alkanes) is 1. The molecule has 3 N–H and O–H groups in total. The molecule has 0 unspecified atom stereocenters. The van der Waals surface area contributed by atoms with Gasteiger partial charge in [0, 0.05) is 15.7 Å². The summed E-state index contributed by atoms with van der Waals surface area (Å²) >= 11 is 3.30. The van der Waals surface area contributed by atoms with Gasteiger partial charge in [-0.25, -0.2) is 9.97 Å². The zero-order valence-electron chi connectivity index (χ0n) is 17.2. The number of nitro groups is 1. The summed E-state index contributed by atoms with van der Waals surface area (Å²) in [5.74, 6) is 0.0558. The first-order chi connectivity index (χ1) is 15.5. The highest BCUT2D eigenvalue weighted by Gasteiger charge is 2.23. The number of anilines is 3. The van der Waals surface area contributed by atoms with E-state index >= 15 is 0 Å². The minimum Gasteiger partial charge on any atom is -0.494 e. The van der Waals surface area contributed by atoms with Gasteiger partial charge in [-0.05, 0) is 55.0 Å². The lowest BCUT2D eigenvalue weighted by Gasteiger charge is -2.11. The minimum absolute atomic E-state index is 0.0231. The number of rotatable bonds is 10. The van der Waals surface area contributed by atoms with Crippen LogP contribution in [0.4, 0.5) is 23.0 Å². The number of aromatic nitrogens is 2. The Bertz CT molecular complexity index is 1080. The average molecular weight is 501 g/mol. The van der Waals surface area contributed by atoms with Crippen LogP contribution in [0.15, 0.2) is 59.3 Å². The van der Waals surface area contributed by atoms with E-state index in [1.54, 1.807) is 48.5 Å². The van der Waals surface area contributed by atoms with Crippen LogP contribution in [0.25, 0.3) is 0 Å². The van der Waals surface area contributed by atoms with Gasteiger partial charge in [0.05, 0.1) is 11.5 Å². The standard InChI is InChI=1S/C21H21BrN6O4/c1-2-3-12-32-17-10-8-16(9-11-17)25-19-18(28(30)31)20(24-13-23-19)26-27-21(29)14-4-6-15(22)7-5-14/h4-11,13H,2-3,12H2,1H3,(H,27,29)(H2,23,24,25,26). The number of benzene rings is 2. The van der Waals surface area contributed by atoms with E-state index in [4.69, 9.17) is 4.74 Å². The van der Waals surface area contributed by atoms with Gasteiger partial charge in [-0.3, -0.25) is 25.8 Å². The SMILES string of the molecule is CCCCOc1ccc(Nc2ncnc(NNC(=O)c3ccc(Br)cc3)c2[N+](=O)[O-])cc1. The molecular formula is C21H21BrN6O4. The number of hydrogen-bond donors (Lipinski definition) is 3. The van der Waals surface area contributed by atoms with Gasteiger partial charge in [-0.1, -0.05) is 29.3 Å². The Balaban J connectivity index is 1.72. The number of carbonyl (C=O) groups is 1. The first-order valence-electron chi connectivity index (χ1n) is 9.79. The lowest BCUT2D eigenvalue weighted by molar-refractivity contribution is -0.383. The van der Waals surface area contributed by atoms with Gasteiger partial charge in [0.25, 0.3) is 5.91 Å². The Kier molecular flexibility index (Phi) is 7.92. The van der Waals surface area contributed by atoms with E-state index in [1.807, 2.05) is 0 Å². The summed E-state index contributed by atoms with van der Waals surface area (Å²) in [6.45, 7) is 2.71. The Labute approximate surface area is 192 Å². The topological polar surface area (TPSA) is 131 Å². The maximum atomic E-state index is 12.3. The molecule has 0 spiro atoms. The monoisotopic (exact) mass is 500 g/mol. The first-order valence-corrected chi connectivity index (χ1v) is 10.6. The summed E-state index contributed by atoms with van der Waals surface area (Å²) < 4.78 is 6.44. The molecule has 32 heavy (non-hydrogen) atoms. The van der Waals surface area contributed by atoms with E-state index in [0.29, 0.717) is 23.6 Å². The summed E-state index contributed by atoms with van der Waals surface area (Å²) in [5, 5.41) is 14.6. The van der Waals surface area contributed by atoms with Crippen LogP contribution in [0.1, 0.15) is 30.1 Å². The lowest BCUT2D eigenvalue weighted by Crippen LogP contribution is -2.30. The highest BCUT2D eigenvalue weighted by Crippen LogP contribution is 2.31. The Morgan fingerprint density at radius 1 is 1.09 bits per heavy atom. The van der Waals surface area contributed by atoms with Crippen LogP contribution in [0.3, 0.4) is 0 Å². The van der Waals surface area contributed by atoms with Crippen LogP contribution < -0.4 is 20.9 Å². The van der Waals surface area contributed by atoms with E-state index in [0.717, 1.165) is 23.6 Å². The number of nitrogens with one attached hydrogen (secondary N) is 3. The van der Waals surface area contributed by atoms with Crippen LogP contribution in [0, 0.1) is 10.1 Å². The summed E-state index contributed by atoms with van der Waals surface area (Å²) in [6, 6.07) is 13.6. The molecule has 3 rings (SSSR count). The van der Waals surface area contributed by atoms with E-state index in [9.17, 15) is 14.9 Å². The van der Waals surface area contributed by atoms with Crippen molar-refractivity contribution in [1.29, 1.82) is 0 Å². The molecule has 0 aliphatic rings. The number of hydrazine groups is 1. The van der Waals surface area contributed by atoms with Gasteiger partial charge in [0.1, 0.15) is 12.1 Å². The van der Waals surface area contributed by atoms with E-state index in [1.165, 1.54) is 0 Å². The van der Waals surface area contributed by atoms with Crippen molar-refractivity contribution >= 4 is 44.8 Å². The molecule has 0 radical (unpaired) electrons. The fraction of sp³-hybridized carbons (Fsp3) is 0.190. The first kappa shape index (κ1) is 22.9. The van der Waals surface area contributed by atoms with Crippen molar-refractivity contribution in [3.05, 3.63) is 75.0 Å². The predicted octanol–water partition coefficient (Wildman–Crippen LogP) is 4.83. The van der Waals surface area contributed by atoms with Crippen molar-refractivity contribution < 1.29 is 14.5 Å². The fourth-order valence-corrected chi connectivity index (χ4v) is 2.89. The van der Waals surface area contributed by atoms with Gasteiger partial charge < -0.3 is 10.1 Å². The molecule has 0 aliphatic heterocycles. The second-order valence-electron chi connectivity index (χ2n) is 6.61. The van der Waals surface area contributed by atoms with Crippen molar-refractivity contribution in [2.75, 3.05) is 17.3 Å². The molecule has 0 saturated heterocycles. The molecule has 166 valence electrons. The fourth-order valence-electron chi connectivity index (χ4n) is 2.63. The molecule has 0 fully saturated rings. The Morgan fingerprint density at radius 2 is 1.78 bits per heavy atom. The second-order valence-corrected chi connectivity index (χ2v) is 7.53. The Morgan fingerprint density at radius 3 is 2.44 bits per heavy atom. The molecule has 0 atom stereocenters. The maximum Gasteiger partial charge on any atom is 0.355 e. The summed E-state index contributed by atoms with van der Waals surface area (Å²) in [7, 11) is 0. The van der Waals surface area contributed by atoms with Gasteiger partial charge in [-0.2, -0.15) is 0 Å².